The first-order chi connectivity index (χ1) is 9.58. The fourth-order valence-electron chi connectivity index (χ4n) is 1.99. The lowest BCUT2D eigenvalue weighted by atomic mass is 9.98. The van der Waals surface area contributed by atoms with Crippen molar-refractivity contribution in [3.8, 4) is 5.75 Å². The molecule has 0 saturated heterocycles. The van der Waals surface area contributed by atoms with Crippen molar-refractivity contribution >= 4 is 15.9 Å². The van der Waals surface area contributed by atoms with Crippen LogP contribution in [0.15, 0.2) is 40.9 Å². The van der Waals surface area contributed by atoms with Gasteiger partial charge in [-0.25, -0.2) is 14.2 Å². The molecule has 0 radical (unpaired) electrons. The van der Waals surface area contributed by atoms with E-state index in [1.165, 1.54) is 25.3 Å². The minimum Gasteiger partial charge on any atom is -0.496 e. The van der Waals surface area contributed by atoms with Gasteiger partial charge in [0.1, 0.15) is 17.4 Å². The molecule has 0 heterocycles. The van der Waals surface area contributed by atoms with Gasteiger partial charge >= 0.3 is 0 Å². The second-order valence-electron chi connectivity index (χ2n) is 4.13. The van der Waals surface area contributed by atoms with Crippen LogP contribution in [0.1, 0.15) is 17.2 Å². The van der Waals surface area contributed by atoms with Crippen molar-refractivity contribution in [2.75, 3.05) is 7.11 Å². The zero-order chi connectivity index (χ0) is 14.7. The third kappa shape index (κ3) is 2.82. The van der Waals surface area contributed by atoms with Crippen molar-refractivity contribution in [2.24, 2.45) is 5.84 Å². The van der Waals surface area contributed by atoms with Crippen LogP contribution in [0.2, 0.25) is 0 Å². The standard InChI is InChI=1S/C14H13BrF2N2O/c1-20-12-6-5-8(7-9(12)15)14(19-18)13-10(16)3-2-4-11(13)17/h2-7,14,19H,18H2,1H3. The summed E-state index contributed by atoms with van der Waals surface area (Å²) in [6, 6.07) is 8.00. The van der Waals surface area contributed by atoms with Crippen LogP contribution in [0.5, 0.6) is 5.75 Å². The molecular formula is C14H13BrF2N2O. The molecule has 2 aromatic rings. The van der Waals surface area contributed by atoms with Crippen molar-refractivity contribution in [1.29, 1.82) is 0 Å². The van der Waals surface area contributed by atoms with Crippen LogP contribution in [-0.4, -0.2) is 7.11 Å². The average molecular weight is 343 g/mol. The molecule has 2 rings (SSSR count). The van der Waals surface area contributed by atoms with Gasteiger partial charge in [0.25, 0.3) is 0 Å². The van der Waals surface area contributed by atoms with Crippen LogP contribution in [0.25, 0.3) is 0 Å². The molecule has 2 aromatic carbocycles. The summed E-state index contributed by atoms with van der Waals surface area (Å²) in [5, 5.41) is 0. The van der Waals surface area contributed by atoms with E-state index in [1.54, 1.807) is 18.2 Å². The van der Waals surface area contributed by atoms with E-state index in [2.05, 4.69) is 21.4 Å². The number of methoxy groups -OCH3 is 1. The molecule has 106 valence electrons. The van der Waals surface area contributed by atoms with Crippen LogP contribution in [-0.2, 0) is 0 Å². The molecule has 20 heavy (non-hydrogen) atoms. The van der Waals surface area contributed by atoms with E-state index < -0.39 is 17.7 Å². The van der Waals surface area contributed by atoms with E-state index in [1.807, 2.05) is 0 Å². The zero-order valence-electron chi connectivity index (χ0n) is 10.7. The maximum Gasteiger partial charge on any atom is 0.133 e. The molecular weight excluding hydrogens is 330 g/mol. The number of benzene rings is 2. The topological polar surface area (TPSA) is 47.3 Å². The molecule has 0 bridgehead atoms. The number of hydrogen-bond donors (Lipinski definition) is 2. The average Bonchev–Trinajstić information content (AvgIpc) is 2.43. The summed E-state index contributed by atoms with van der Waals surface area (Å²) in [6.45, 7) is 0. The fraction of sp³-hybridized carbons (Fsp3) is 0.143. The van der Waals surface area contributed by atoms with Gasteiger partial charge in [-0.2, -0.15) is 0 Å². The van der Waals surface area contributed by atoms with Crippen LogP contribution in [0.3, 0.4) is 0 Å². The maximum atomic E-state index is 13.8. The van der Waals surface area contributed by atoms with Crippen molar-refractivity contribution < 1.29 is 13.5 Å². The smallest absolute Gasteiger partial charge is 0.133 e. The lowest BCUT2D eigenvalue weighted by Crippen LogP contribution is -2.30. The van der Waals surface area contributed by atoms with Crippen molar-refractivity contribution in [2.45, 2.75) is 6.04 Å². The minimum atomic E-state index is -0.793. The van der Waals surface area contributed by atoms with Crippen LogP contribution >= 0.6 is 15.9 Å². The first-order valence-electron chi connectivity index (χ1n) is 5.82. The van der Waals surface area contributed by atoms with E-state index in [4.69, 9.17) is 10.6 Å². The first kappa shape index (κ1) is 14.9. The van der Waals surface area contributed by atoms with E-state index in [0.717, 1.165) is 0 Å². The highest BCUT2D eigenvalue weighted by Gasteiger charge is 2.21. The molecule has 0 fully saturated rings. The predicted molar refractivity (Wildman–Crippen MR) is 76.2 cm³/mol. The van der Waals surface area contributed by atoms with Gasteiger partial charge in [0.2, 0.25) is 0 Å². The Morgan fingerprint density at radius 1 is 1.20 bits per heavy atom. The summed E-state index contributed by atoms with van der Waals surface area (Å²) in [4.78, 5) is 0. The SMILES string of the molecule is COc1ccc(C(NN)c2c(F)cccc2F)cc1Br. The molecule has 3 nitrogen and oxygen atoms in total. The van der Waals surface area contributed by atoms with E-state index in [0.29, 0.717) is 15.8 Å². The number of ether oxygens (including phenoxy) is 1. The van der Waals surface area contributed by atoms with Crippen LogP contribution in [0, 0.1) is 11.6 Å². The van der Waals surface area contributed by atoms with Gasteiger partial charge in [-0.1, -0.05) is 12.1 Å². The summed E-state index contributed by atoms with van der Waals surface area (Å²) in [7, 11) is 1.54. The number of hydrazine groups is 1. The molecule has 0 aliphatic heterocycles. The second kappa shape index (κ2) is 6.30. The van der Waals surface area contributed by atoms with Gasteiger partial charge in [0.05, 0.1) is 17.6 Å². The Hall–Kier alpha value is -1.50. The molecule has 3 N–H and O–H groups in total. The van der Waals surface area contributed by atoms with Crippen molar-refractivity contribution in [3.63, 3.8) is 0 Å². The number of nitrogens with two attached hydrogens (primary N) is 1. The number of hydrogen-bond acceptors (Lipinski definition) is 3. The maximum absolute atomic E-state index is 13.8. The van der Waals surface area contributed by atoms with E-state index >= 15 is 0 Å². The van der Waals surface area contributed by atoms with Gasteiger partial charge in [-0.15, -0.1) is 0 Å². The van der Waals surface area contributed by atoms with E-state index in [9.17, 15) is 8.78 Å². The molecule has 0 saturated carbocycles. The lowest BCUT2D eigenvalue weighted by Gasteiger charge is -2.19. The third-order valence-electron chi connectivity index (χ3n) is 2.96. The Labute approximate surface area is 123 Å². The molecule has 0 aliphatic carbocycles. The Morgan fingerprint density at radius 2 is 1.85 bits per heavy atom. The lowest BCUT2D eigenvalue weighted by molar-refractivity contribution is 0.411. The van der Waals surface area contributed by atoms with Gasteiger partial charge in [0, 0.05) is 5.56 Å². The molecule has 0 amide bonds. The number of rotatable bonds is 4. The molecule has 1 unspecified atom stereocenters. The highest BCUT2D eigenvalue weighted by molar-refractivity contribution is 9.10. The summed E-state index contributed by atoms with van der Waals surface area (Å²) in [5.74, 6) is 4.78. The Bertz CT molecular complexity index is 602. The van der Waals surface area contributed by atoms with Crippen molar-refractivity contribution in [1.82, 2.24) is 5.43 Å². The van der Waals surface area contributed by atoms with Gasteiger partial charge in [-0.05, 0) is 45.8 Å². The minimum absolute atomic E-state index is 0.118. The molecule has 1 atom stereocenters. The Balaban J connectivity index is 2.50. The third-order valence-corrected chi connectivity index (χ3v) is 3.58. The molecule has 0 aromatic heterocycles. The molecule has 0 aliphatic rings. The molecule has 6 heteroatoms. The van der Waals surface area contributed by atoms with Crippen molar-refractivity contribution in [3.05, 3.63) is 63.6 Å². The highest BCUT2D eigenvalue weighted by atomic mass is 79.9. The van der Waals surface area contributed by atoms with Gasteiger partial charge in [0.15, 0.2) is 0 Å². The summed E-state index contributed by atoms with van der Waals surface area (Å²) in [5.41, 5.74) is 2.94. The number of halogens is 3. The fourth-order valence-corrected chi connectivity index (χ4v) is 2.55. The van der Waals surface area contributed by atoms with E-state index in [-0.39, 0.29) is 5.56 Å². The number of nitrogens with one attached hydrogen (secondary N) is 1. The monoisotopic (exact) mass is 342 g/mol. The van der Waals surface area contributed by atoms with Crippen LogP contribution in [0.4, 0.5) is 8.78 Å². The Kier molecular flexibility index (Phi) is 4.69. The molecule has 0 spiro atoms. The first-order valence-corrected chi connectivity index (χ1v) is 6.61. The largest absolute Gasteiger partial charge is 0.496 e. The second-order valence-corrected chi connectivity index (χ2v) is 4.98. The van der Waals surface area contributed by atoms with Gasteiger partial charge in [-0.3, -0.25) is 5.84 Å². The quantitative estimate of drug-likeness (QED) is 0.662. The van der Waals surface area contributed by atoms with Crippen LogP contribution < -0.4 is 16.0 Å². The zero-order valence-corrected chi connectivity index (χ0v) is 12.2. The Morgan fingerprint density at radius 3 is 2.35 bits per heavy atom. The summed E-state index contributed by atoms with van der Waals surface area (Å²) < 4.78 is 33.5. The van der Waals surface area contributed by atoms with Gasteiger partial charge < -0.3 is 4.74 Å². The predicted octanol–water partition coefficient (Wildman–Crippen LogP) is 3.29. The summed E-state index contributed by atoms with van der Waals surface area (Å²) in [6.07, 6.45) is 0. The normalized spacial score (nSPS) is 12.2. The highest BCUT2D eigenvalue weighted by Crippen LogP contribution is 2.32. The summed E-state index contributed by atoms with van der Waals surface area (Å²) >= 11 is 3.33.